The Morgan fingerprint density at radius 1 is 1.46 bits per heavy atom. The quantitative estimate of drug-likeness (QED) is 0.788. The van der Waals surface area contributed by atoms with Crippen LogP contribution < -0.4 is 16.0 Å². The number of para-hydroxylation sites is 1. The number of carbonyl (C=O) groups excluding carboxylic acids is 2. The summed E-state index contributed by atoms with van der Waals surface area (Å²) in [5, 5.41) is 2.57. The number of nitrogens with one attached hydrogen (secondary N) is 1. The van der Waals surface area contributed by atoms with E-state index in [0.29, 0.717) is 6.42 Å². The average Bonchev–Trinajstić information content (AvgIpc) is 2.86. The van der Waals surface area contributed by atoms with Crippen molar-refractivity contribution in [3.63, 3.8) is 0 Å². The van der Waals surface area contributed by atoms with E-state index in [1.165, 1.54) is 6.07 Å². The summed E-state index contributed by atoms with van der Waals surface area (Å²) in [5.41, 5.74) is 5.38. The molecule has 1 aromatic carbocycles. The molecule has 0 saturated carbocycles. The first kappa shape index (κ1) is 20.7. The summed E-state index contributed by atoms with van der Waals surface area (Å²) >= 11 is 1.57. The molecule has 1 aromatic rings. The first-order valence-electron chi connectivity index (χ1n) is 7.26. The van der Waals surface area contributed by atoms with Crippen LogP contribution in [0.4, 0.5) is 14.5 Å². The average molecular weight is 380 g/mol. The normalized spacial score (nSPS) is 18.2. The van der Waals surface area contributed by atoms with E-state index in [9.17, 15) is 18.4 Å². The number of anilines is 1. The predicted molar refractivity (Wildman–Crippen MR) is 93.5 cm³/mol. The molecule has 0 spiro atoms. The van der Waals surface area contributed by atoms with Gasteiger partial charge in [0.2, 0.25) is 11.8 Å². The van der Waals surface area contributed by atoms with Crippen molar-refractivity contribution in [3.05, 3.63) is 29.8 Å². The van der Waals surface area contributed by atoms with Crippen molar-refractivity contribution in [2.75, 3.05) is 23.5 Å². The summed E-state index contributed by atoms with van der Waals surface area (Å²) < 4.78 is 27.6. The standard InChI is InChI=1S/C15H19F2N3O2S.ClH/c1-23-8-6-11(18)14(21)19-12-5-7-20(15(12)22)13-9(16)3-2-4-10(13)17;/h2-4,11-12H,5-8,18H2,1H3,(H,19,21);1H/t11-,12?;/m0./s1. The van der Waals surface area contributed by atoms with Gasteiger partial charge in [-0.1, -0.05) is 6.07 Å². The molecule has 0 aromatic heterocycles. The number of nitrogens with two attached hydrogens (primary N) is 1. The topological polar surface area (TPSA) is 75.4 Å². The van der Waals surface area contributed by atoms with E-state index in [0.717, 1.165) is 22.8 Å². The second-order valence-electron chi connectivity index (χ2n) is 5.30. The van der Waals surface area contributed by atoms with Gasteiger partial charge in [-0.05, 0) is 37.0 Å². The fourth-order valence-corrected chi connectivity index (χ4v) is 2.93. The SMILES string of the molecule is CSCC[C@H](N)C(=O)NC1CCN(c2c(F)cccc2F)C1=O.Cl. The van der Waals surface area contributed by atoms with Gasteiger partial charge in [0.05, 0.1) is 6.04 Å². The Morgan fingerprint density at radius 3 is 2.67 bits per heavy atom. The van der Waals surface area contributed by atoms with Crippen molar-refractivity contribution < 1.29 is 18.4 Å². The maximum absolute atomic E-state index is 13.8. The van der Waals surface area contributed by atoms with Crippen LogP contribution in [0.5, 0.6) is 0 Å². The first-order valence-corrected chi connectivity index (χ1v) is 8.65. The molecule has 134 valence electrons. The second kappa shape index (κ2) is 9.19. The molecule has 24 heavy (non-hydrogen) atoms. The molecule has 1 aliphatic heterocycles. The van der Waals surface area contributed by atoms with Crippen LogP contribution in [0.2, 0.25) is 0 Å². The van der Waals surface area contributed by atoms with E-state index in [1.54, 1.807) is 11.8 Å². The molecule has 1 aliphatic rings. The molecular weight excluding hydrogens is 360 g/mol. The number of benzene rings is 1. The summed E-state index contributed by atoms with van der Waals surface area (Å²) in [7, 11) is 0. The summed E-state index contributed by atoms with van der Waals surface area (Å²) in [6.45, 7) is 0.141. The number of amides is 2. The van der Waals surface area contributed by atoms with Crippen LogP contribution in [0.1, 0.15) is 12.8 Å². The molecule has 1 saturated heterocycles. The zero-order chi connectivity index (χ0) is 17.0. The highest BCUT2D eigenvalue weighted by Crippen LogP contribution is 2.27. The van der Waals surface area contributed by atoms with Crippen molar-refractivity contribution in [2.24, 2.45) is 5.73 Å². The number of hydrogen-bond acceptors (Lipinski definition) is 4. The van der Waals surface area contributed by atoms with Crippen LogP contribution in [-0.2, 0) is 9.59 Å². The van der Waals surface area contributed by atoms with Crippen LogP contribution >= 0.6 is 24.2 Å². The van der Waals surface area contributed by atoms with Crippen LogP contribution in [0.15, 0.2) is 18.2 Å². The Morgan fingerprint density at radius 2 is 2.08 bits per heavy atom. The number of rotatable bonds is 6. The smallest absolute Gasteiger partial charge is 0.249 e. The molecule has 1 heterocycles. The third-order valence-corrected chi connectivity index (χ3v) is 4.34. The lowest BCUT2D eigenvalue weighted by molar-refractivity contribution is -0.127. The van der Waals surface area contributed by atoms with Gasteiger partial charge in [0.25, 0.3) is 0 Å². The Bertz CT molecular complexity index is 586. The van der Waals surface area contributed by atoms with Gasteiger partial charge in [-0.2, -0.15) is 11.8 Å². The van der Waals surface area contributed by atoms with E-state index < -0.39 is 35.5 Å². The summed E-state index contributed by atoms with van der Waals surface area (Å²) in [6.07, 6.45) is 2.69. The lowest BCUT2D eigenvalue weighted by Gasteiger charge is -2.19. The number of nitrogens with zero attached hydrogens (tertiary/aromatic N) is 1. The minimum Gasteiger partial charge on any atom is -0.343 e. The lowest BCUT2D eigenvalue weighted by atomic mass is 10.2. The van der Waals surface area contributed by atoms with Gasteiger partial charge in [-0.15, -0.1) is 12.4 Å². The van der Waals surface area contributed by atoms with Gasteiger partial charge in [0, 0.05) is 6.54 Å². The minimum absolute atomic E-state index is 0. The maximum Gasteiger partial charge on any atom is 0.249 e. The molecule has 9 heteroatoms. The van der Waals surface area contributed by atoms with Gasteiger partial charge in [-0.3, -0.25) is 9.59 Å². The number of hydrogen-bond donors (Lipinski definition) is 2. The van der Waals surface area contributed by atoms with Crippen molar-refractivity contribution in [1.29, 1.82) is 0 Å². The van der Waals surface area contributed by atoms with E-state index in [-0.39, 0.29) is 31.1 Å². The Hall–Kier alpha value is -1.38. The number of thioether (sulfide) groups is 1. The van der Waals surface area contributed by atoms with Crippen LogP contribution in [0, 0.1) is 11.6 Å². The molecule has 0 aliphatic carbocycles. The Kier molecular flexibility index (Phi) is 7.92. The van der Waals surface area contributed by atoms with Gasteiger partial charge in [-0.25, -0.2) is 8.78 Å². The van der Waals surface area contributed by atoms with Gasteiger partial charge >= 0.3 is 0 Å². The zero-order valence-corrected chi connectivity index (χ0v) is 14.8. The molecule has 2 atom stereocenters. The maximum atomic E-state index is 13.8. The molecular formula is C15H20ClF2N3O2S. The summed E-state index contributed by atoms with van der Waals surface area (Å²) in [5.74, 6) is -1.82. The molecule has 0 radical (unpaired) electrons. The molecule has 1 fully saturated rings. The van der Waals surface area contributed by atoms with Crippen molar-refractivity contribution >= 4 is 41.7 Å². The third kappa shape index (κ3) is 4.58. The summed E-state index contributed by atoms with van der Waals surface area (Å²) in [6, 6.07) is 1.92. The van der Waals surface area contributed by atoms with E-state index in [4.69, 9.17) is 5.73 Å². The van der Waals surface area contributed by atoms with Crippen molar-refractivity contribution in [1.82, 2.24) is 5.32 Å². The second-order valence-corrected chi connectivity index (χ2v) is 6.28. The highest BCUT2D eigenvalue weighted by atomic mass is 35.5. The van der Waals surface area contributed by atoms with Crippen LogP contribution in [0.25, 0.3) is 0 Å². The monoisotopic (exact) mass is 379 g/mol. The van der Waals surface area contributed by atoms with E-state index >= 15 is 0 Å². The summed E-state index contributed by atoms with van der Waals surface area (Å²) in [4.78, 5) is 25.3. The van der Waals surface area contributed by atoms with Crippen LogP contribution in [-0.4, -0.2) is 42.5 Å². The Balaban J connectivity index is 0.00000288. The van der Waals surface area contributed by atoms with Crippen molar-refractivity contribution in [3.8, 4) is 0 Å². The first-order chi connectivity index (χ1) is 11.0. The zero-order valence-electron chi connectivity index (χ0n) is 13.1. The van der Waals surface area contributed by atoms with Gasteiger partial charge in [0.1, 0.15) is 23.4 Å². The molecule has 3 N–H and O–H groups in total. The van der Waals surface area contributed by atoms with Gasteiger partial charge in [0.15, 0.2) is 0 Å². The molecule has 2 amide bonds. The molecule has 5 nitrogen and oxygen atoms in total. The lowest BCUT2D eigenvalue weighted by Crippen LogP contribution is -2.48. The number of carbonyl (C=O) groups is 2. The predicted octanol–water partition coefficient (Wildman–Crippen LogP) is 1.69. The molecule has 2 rings (SSSR count). The largest absolute Gasteiger partial charge is 0.343 e. The fraction of sp³-hybridized carbons (Fsp3) is 0.467. The molecule has 0 bridgehead atoms. The highest BCUT2D eigenvalue weighted by molar-refractivity contribution is 7.98. The fourth-order valence-electron chi connectivity index (χ4n) is 2.44. The van der Waals surface area contributed by atoms with Crippen LogP contribution in [0.3, 0.4) is 0 Å². The van der Waals surface area contributed by atoms with E-state index in [1.807, 2.05) is 6.26 Å². The Labute approximate surface area is 149 Å². The van der Waals surface area contributed by atoms with Gasteiger partial charge < -0.3 is 16.0 Å². The van der Waals surface area contributed by atoms with Crippen molar-refractivity contribution in [2.45, 2.75) is 24.9 Å². The molecule has 1 unspecified atom stereocenters. The highest BCUT2D eigenvalue weighted by Gasteiger charge is 2.36. The third-order valence-electron chi connectivity index (χ3n) is 3.70. The van der Waals surface area contributed by atoms with E-state index in [2.05, 4.69) is 5.32 Å². The number of halogens is 3. The minimum atomic E-state index is -0.804.